The molecule has 0 atom stereocenters. The van der Waals surface area contributed by atoms with Crippen LogP contribution >= 0.6 is 0 Å². The number of para-hydroxylation sites is 1. The van der Waals surface area contributed by atoms with E-state index in [0.717, 1.165) is 23.4 Å². The molecule has 0 heterocycles. The minimum atomic E-state index is -3.70. The molecule has 0 amide bonds. The van der Waals surface area contributed by atoms with Gasteiger partial charge in [-0.05, 0) is 42.3 Å². The highest BCUT2D eigenvalue weighted by Gasteiger charge is 2.12. The molecule has 0 saturated heterocycles. The Morgan fingerprint density at radius 1 is 1.12 bits per heavy atom. The molecule has 0 aromatic heterocycles. The largest absolute Gasteiger partial charge is 0.481 e. The number of sulfonamides is 1. The third kappa shape index (κ3) is 5.75. The van der Waals surface area contributed by atoms with Gasteiger partial charge in [0, 0.05) is 0 Å². The van der Waals surface area contributed by atoms with Crippen molar-refractivity contribution in [1.82, 2.24) is 4.72 Å². The summed E-state index contributed by atoms with van der Waals surface area (Å²) in [6.07, 6.45) is 2.49. The topological polar surface area (TPSA) is 55.4 Å². The summed E-state index contributed by atoms with van der Waals surface area (Å²) >= 11 is 0. The molecule has 0 fully saturated rings. The van der Waals surface area contributed by atoms with Crippen LogP contribution in [0.4, 0.5) is 4.39 Å². The lowest BCUT2D eigenvalue weighted by Gasteiger charge is -2.07. The number of allylic oxidation sites excluding steroid dienone is 1. The number of hydrogen-bond donors (Lipinski definition) is 1. The second-order valence-corrected chi connectivity index (χ2v) is 6.79. The van der Waals surface area contributed by atoms with Crippen LogP contribution in [0.1, 0.15) is 5.56 Å². The Morgan fingerprint density at radius 3 is 2.56 bits per heavy atom. The van der Waals surface area contributed by atoms with Crippen molar-refractivity contribution in [2.24, 2.45) is 0 Å². The van der Waals surface area contributed by atoms with E-state index >= 15 is 0 Å². The summed E-state index contributed by atoms with van der Waals surface area (Å²) < 4.78 is 44.7. The SMILES string of the molecule is C=CCc1ccccc1OCC#CCNS(=O)(=O)c1ccc(F)cc1. The average Bonchev–Trinajstić information content (AvgIpc) is 2.60. The Balaban J connectivity index is 1.85. The van der Waals surface area contributed by atoms with Gasteiger partial charge in [0.25, 0.3) is 0 Å². The number of ether oxygens (including phenoxy) is 1. The van der Waals surface area contributed by atoms with Gasteiger partial charge in [-0.2, -0.15) is 4.72 Å². The number of rotatable bonds is 7. The fraction of sp³-hybridized carbons (Fsp3) is 0.158. The van der Waals surface area contributed by atoms with E-state index in [2.05, 4.69) is 23.1 Å². The maximum atomic E-state index is 12.8. The maximum absolute atomic E-state index is 12.8. The van der Waals surface area contributed by atoms with Crippen LogP contribution in [0.2, 0.25) is 0 Å². The van der Waals surface area contributed by atoms with Crippen LogP contribution in [0.15, 0.2) is 66.1 Å². The lowest BCUT2D eigenvalue weighted by atomic mass is 10.1. The third-order valence-corrected chi connectivity index (χ3v) is 4.65. The van der Waals surface area contributed by atoms with Crippen LogP contribution in [0.5, 0.6) is 5.75 Å². The molecule has 0 spiro atoms. The minimum Gasteiger partial charge on any atom is -0.481 e. The monoisotopic (exact) mass is 359 g/mol. The van der Waals surface area contributed by atoms with Gasteiger partial charge in [-0.15, -0.1) is 6.58 Å². The van der Waals surface area contributed by atoms with Gasteiger partial charge in [-0.1, -0.05) is 36.1 Å². The molecule has 2 aromatic carbocycles. The zero-order valence-corrected chi connectivity index (χ0v) is 14.4. The predicted octanol–water partition coefficient (Wildman–Crippen LogP) is 2.91. The molecule has 25 heavy (non-hydrogen) atoms. The molecular formula is C19H18FNO3S. The van der Waals surface area contributed by atoms with Gasteiger partial charge in [-0.25, -0.2) is 12.8 Å². The molecule has 0 saturated carbocycles. The highest BCUT2D eigenvalue weighted by Crippen LogP contribution is 2.18. The average molecular weight is 359 g/mol. The Morgan fingerprint density at radius 2 is 1.84 bits per heavy atom. The van der Waals surface area contributed by atoms with Crippen molar-refractivity contribution in [3.05, 3.63) is 72.6 Å². The van der Waals surface area contributed by atoms with Gasteiger partial charge in [0.1, 0.15) is 18.2 Å². The predicted molar refractivity (Wildman–Crippen MR) is 95.2 cm³/mol. The van der Waals surface area contributed by atoms with Crippen molar-refractivity contribution in [3.8, 4) is 17.6 Å². The molecule has 0 aliphatic heterocycles. The second-order valence-electron chi connectivity index (χ2n) is 5.02. The molecule has 1 N–H and O–H groups in total. The molecule has 0 aliphatic carbocycles. The zero-order valence-electron chi connectivity index (χ0n) is 13.5. The lowest BCUT2D eigenvalue weighted by Crippen LogP contribution is -2.24. The first-order chi connectivity index (χ1) is 12.0. The minimum absolute atomic E-state index is 0.00898. The van der Waals surface area contributed by atoms with Crippen LogP contribution < -0.4 is 9.46 Å². The zero-order chi connectivity index (χ0) is 18.1. The van der Waals surface area contributed by atoms with Crippen LogP contribution in [0.25, 0.3) is 0 Å². The molecule has 0 bridgehead atoms. The molecule has 2 aromatic rings. The van der Waals surface area contributed by atoms with E-state index in [4.69, 9.17) is 4.74 Å². The summed E-state index contributed by atoms with van der Waals surface area (Å²) in [5, 5.41) is 0. The number of nitrogens with one attached hydrogen (secondary N) is 1. The van der Waals surface area contributed by atoms with Crippen molar-refractivity contribution in [2.75, 3.05) is 13.2 Å². The van der Waals surface area contributed by atoms with Crippen molar-refractivity contribution >= 4 is 10.0 Å². The van der Waals surface area contributed by atoms with Crippen LogP contribution in [-0.4, -0.2) is 21.6 Å². The van der Waals surface area contributed by atoms with E-state index in [1.165, 1.54) is 12.1 Å². The fourth-order valence-corrected chi connectivity index (χ4v) is 2.95. The maximum Gasteiger partial charge on any atom is 0.241 e. The summed E-state index contributed by atoms with van der Waals surface area (Å²) in [6, 6.07) is 12.2. The van der Waals surface area contributed by atoms with Crippen molar-refractivity contribution < 1.29 is 17.5 Å². The summed E-state index contributed by atoms with van der Waals surface area (Å²) in [5.74, 6) is 5.67. The molecule has 2 rings (SSSR count). The number of hydrogen-bond acceptors (Lipinski definition) is 3. The van der Waals surface area contributed by atoms with Gasteiger partial charge >= 0.3 is 0 Å². The quantitative estimate of drug-likeness (QED) is 0.611. The molecule has 130 valence electrons. The third-order valence-electron chi connectivity index (χ3n) is 3.24. The summed E-state index contributed by atoms with van der Waals surface area (Å²) in [6.45, 7) is 3.79. The van der Waals surface area contributed by atoms with E-state index in [1.54, 1.807) is 6.08 Å². The molecule has 0 radical (unpaired) electrons. The standard InChI is InChI=1S/C19H18FNO3S/c1-2-7-16-8-3-4-9-19(16)24-15-6-5-14-21-25(22,23)18-12-10-17(20)11-13-18/h2-4,8-13,21H,1,7,14-15H2. The second kappa shape index (κ2) is 9.02. The fourth-order valence-electron chi connectivity index (χ4n) is 2.02. The van der Waals surface area contributed by atoms with E-state index in [1.807, 2.05) is 24.3 Å². The molecule has 0 unspecified atom stereocenters. The summed E-state index contributed by atoms with van der Waals surface area (Å²) in [4.78, 5) is -0.00898. The van der Waals surface area contributed by atoms with Gasteiger partial charge in [0.15, 0.2) is 0 Å². The van der Waals surface area contributed by atoms with E-state index in [0.29, 0.717) is 6.42 Å². The normalized spacial score (nSPS) is 10.6. The first kappa shape index (κ1) is 18.7. The molecule has 0 aliphatic rings. The van der Waals surface area contributed by atoms with Gasteiger partial charge in [-0.3, -0.25) is 0 Å². The van der Waals surface area contributed by atoms with E-state index < -0.39 is 15.8 Å². The molecule has 6 heteroatoms. The van der Waals surface area contributed by atoms with Crippen molar-refractivity contribution in [2.45, 2.75) is 11.3 Å². The Bertz CT molecular complexity index is 881. The Hall–Kier alpha value is -2.62. The van der Waals surface area contributed by atoms with Gasteiger partial charge < -0.3 is 4.74 Å². The summed E-state index contributed by atoms with van der Waals surface area (Å²) in [7, 11) is -3.70. The van der Waals surface area contributed by atoms with Crippen molar-refractivity contribution in [3.63, 3.8) is 0 Å². The molecular weight excluding hydrogens is 341 g/mol. The van der Waals surface area contributed by atoms with Crippen LogP contribution in [0, 0.1) is 17.7 Å². The lowest BCUT2D eigenvalue weighted by molar-refractivity contribution is 0.366. The highest BCUT2D eigenvalue weighted by molar-refractivity contribution is 7.89. The van der Waals surface area contributed by atoms with Crippen molar-refractivity contribution in [1.29, 1.82) is 0 Å². The van der Waals surface area contributed by atoms with Crippen LogP contribution in [0.3, 0.4) is 0 Å². The van der Waals surface area contributed by atoms with Crippen LogP contribution in [-0.2, 0) is 16.4 Å². The molecule has 4 nitrogen and oxygen atoms in total. The first-order valence-corrected chi connectivity index (χ1v) is 9.04. The smallest absolute Gasteiger partial charge is 0.241 e. The Labute approximate surface area is 147 Å². The number of halogens is 1. The summed E-state index contributed by atoms with van der Waals surface area (Å²) in [5.41, 5.74) is 1.01. The highest BCUT2D eigenvalue weighted by atomic mass is 32.2. The Kier molecular flexibility index (Phi) is 6.75. The van der Waals surface area contributed by atoms with E-state index in [-0.39, 0.29) is 18.0 Å². The van der Waals surface area contributed by atoms with E-state index in [9.17, 15) is 12.8 Å². The number of benzene rings is 2. The van der Waals surface area contributed by atoms with Gasteiger partial charge in [0.05, 0.1) is 11.4 Å². The first-order valence-electron chi connectivity index (χ1n) is 7.55. The van der Waals surface area contributed by atoms with Gasteiger partial charge in [0.2, 0.25) is 10.0 Å².